The number of aliphatic hydroxyl groups is 1. The Labute approximate surface area is 176 Å². The zero-order chi connectivity index (χ0) is 23.4. The maximum Gasteiger partial charge on any atom is 0.430 e. The van der Waals surface area contributed by atoms with Gasteiger partial charge in [-0.1, -0.05) is 17.7 Å². The highest BCUT2D eigenvalue weighted by molar-refractivity contribution is 6.32. The molecule has 0 saturated heterocycles. The van der Waals surface area contributed by atoms with Crippen molar-refractivity contribution < 1.29 is 50.8 Å². The molecule has 2 N–H and O–H groups in total. The molecule has 31 heavy (non-hydrogen) atoms. The van der Waals surface area contributed by atoms with E-state index in [1.54, 1.807) is 0 Å². The summed E-state index contributed by atoms with van der Waals surface area (Å²) >= 11 is 5.73. The van der Waals surface area contributed by atoms with E-state index in [4.69, 9.17) is 26.2 Å². The molecule has 12 heteroatoms. The number of hydrogen-bond acceptors (Lipinski definition) is 4. The average Bonchev–Trinajstić information content (AvgIpc) is 2.66. The van der Waals surface area contributed by atoms with Crippen LogP contribution in [0.5, 0.6) is 11.5 Å². The Morgan fingerprint density at radius 2 is 1.45 bits per heavy atom. The molecule has 0 bridgehead atoms. The minimum Gasteiger partial charge on any atom is -0.493 e. The van der Waals surface area contributed by atoms with Gasteiger partial charge in [0, 0.05) is 12.0 Å². The lowest BCUT2D eigenvalue weighted by Crippen LogP contribution is -2.53. The zero-order valence-electron chi connectivity index (χ0n) is 15.4. The summed E-state index contributed by atoms with van der Waals surface area (Å²) in [7, 11) is 0. The van der Waals surface area contributed by atoms with Gasteiger partial charge < -0.3 is 19.7 Å². The van der Waals surface area contributed by atoms with Gasteiger partial charge in [-0.2, -0.15) is 26.3 Å². The number of halogens is 7. The first-order valence-electron chi connectivity index (χ1n) is 8.52. The zero-order valence-corrected chi connectivity index (χ0v) is 16.2. The van der Waals surface area contributed by atoms with Crippen LogP contribution in [0.25, 0.3) is 0 Å². The Kier molecular flexibility index (Phi) is 7.32. The molecule has 0 amide bonds. The Balaban J connectivity index is 1.96. The third kappa shape index (κ3) is 5.53. The number of ether oxygens (including phenoxy) is 2. The Hall–Kier alpha value is -2.66. The highest BCUT2D eigenvalue weighted by Crippen LogP contribution is 2.50. The molecule has 0 atom stereocenters. The van der Waals surface area contributed by atoms with Crippen molar-refractivity contribution in [1.82, 2.24) is 0 Å². The van der Waals surface area contributed by atoms with E-state index in [-0.39, 0.29) is 30.9 Å². The van der Waals surface area contributed by atoms with Crippen molar-refractivity contribution in [3.05, 3.63) is 58.6 Å². The van der Waals surface area contributed by atoms with Crippen molar-refractivity contribution in [2.45, 2.75) is 24.4 Å². The van der Waals surface area contributed by atoms with Crippen LogP contribution >= 0.6 is 11.6 Å². The van der Waals surface area contributed by atoms with Gasteiger partial charge in [0.25, 0.3) is 5.60 Å². The van der Waals surface area contributed by atoms with Gasteiger partial charge in [-0.05, 0) is 36.4 Å². The standard InChI is InChI=1S/C19H15ClF6O5/c20-14-10-12(17(29,18(21,22)23)19(24,25)26)4-7-15(14)31-9-1-8-30-13-5-2-11(3-6-13)16(27)28/h2-7,10,29H,1,8-9H2,(H,27,28). The quantitative estimate of drug-likeness (QED) is 0.408. The summed E-state index contributed by atoms with van der Waals surface area (Å²) in [6.45, 7) is 0.0963. The molecule has 0 aliphatic carbocycles. The fourth-order valence-corrected chi connectivity index (χ4v) is 2.69. The molecule has 0 aliphatic rings. The van der Waals surface area contributed by atoms with Crippen molar-refractivity contribution in [2.75, 3.05) is 13.2 Å². The molecule has 170 valence electrons. The summed E-state index contributed by atoms with van der Waals surface area (Å²) in [6, 6.07) is 7.16. The maximum absolute atomic E-state index is 12.9. The molecule has 2 aromatic carbocycles. The number of carboxylic acids is 1. The van der Waals surface area contributed by atoms with E-state index in [1.165, 1.54) is 24.3 Å². The average molecular weight is 473 g/mol. The van der Waals surface area contributed by atoms with Crippen molar-refractivity contribution in [2.24, 2.45) is 0 Å². The van der Waals surface area contributed by atoms with Crippen LogP contribution in [0.1, 0.15) is 22.3 Å². The van der Waals surface area contributed by atoms with Gasteiger partial charge in [0.1, 0.15) is 11.5 Å². The van der Waals surface area contributed by atoms with E-state index in [1.807, 2.05) is 0 Å². The van der Waals surface area contributed by atoms with Crippen LogP contribution in [0.15, 0.2) is 42.5 Å². The van der Waals surface area contributed by atoms with Crippen LogP contribution in [0, 0.1) is 0 Å². The largest absolute Gasteiger partial charge is 0.493 e. The molecule has 0 radical (unpaired) electrons. The van der Waals surface area contributed by atoms with Crippen molar-refractivity contribution in [3.8, 4) is 11.5 Å². The number of hydrogen-bond donors (Lipinski definition) is 2. The van der Waals surface area contributed by atoms with Gasteiger partial charge >= 0.3 is 18.3 Å². The van der Waals surface area contributed by atoms with Crippen LogP contribution in [-0.2, 0) is 5.60 Å². The van der Waals surface area contributed by atoms with E-state index in [2.05, 4.69) is 0 Å². The monoisotopic (exact) mass is 472 g/mol. The van der Waals surface area contributed by atoms with E-state index in [9.17, 15) is 36.2 Å². The van der Waals surface area contributed by atoms with Gasteiger partial charge in [0.05, 0.1) is 23.8 Å². The lowest BCUT2D eigenvalue weighted by atomic mass is 9.92. The second-order valence-corrected chi connectivity index (χ2v) is 6.64. The van der Waals surface area contributed by atoms with Crippen LogP contribution in [-0.4, -0.2) is 41.7 Å². The summed E-state index contributed by atoms with van der Waals surface area (Å²) in [5, 5.41) is 17.6. The maximum atomic E-state index is 12.9. The van der Waals surface area contributed by atoms with Gasteiger partial charge in [-0.15, -0.1) is 0 Å². The highest BCUT2D eigenvalue weighted by atomic mass is 35.5. The normalized spacial score (nSPS) is 12.5. The Morgan fingerprint density at radius 3 is 1.94 bits per heavy atom. The molecule has 5 nitrogen and oxygen atoms in total. The van der Waals surface area contributed by atoms with Crippen LogP contribution < -0.4 is 9.47 Å². The smallest absolute Gasteiger partial charge is 0.430 e. The third-order valence-corrected chi connectivity index (χ3v) is 4.38. The second kappa shape index (κ2) is 9.23. The summed E-state index contributed by atoms with van der Waals surface area (Å²) in [5.74, 6) is -0.874. The summed E-state index contributed by atoms with van der Waals surface area (Å²) < 4.78 is 88.1. The molecule has 0 spiro atoms. The van der Waals surface area contributed by atoms with Crippen LogP contribution in [0.3, 0.4) is 0 Å². The van der Waals surface area contributed by atoms with Crippen LogP contribution in [0.4, 0.5) is 26.3 Å². The van der Waals surface area contributed by atoms with E-state index in [0.717, 1.165) is 6.07 Å². The Bertz CT molecular complexity index is 897. The molecular weight excluding hydrogens is 458 g/mol. The number of rotatable bonds is 8. The number of carbonyl (C=O) groups is 1. The lowest BCUT2D eigenvalue weighted by Gasteiger charge is -2.32. The fourth-order valence-electron chi connectivity index (χ4n) is 2.46. The van der Waals surface area contributed by atoms with Crippen molar-refractivity contribution in [1.29, 1.82) is 0 Å². The molecule has 2 rings (SSSR count). The third-order valence-electron chi connectivity index (χ3n) is 4.09. The van der Waals surface area contributed by atoms with Gasteiger partial charge in [0.15, 0.2) is 0 Å². The predicted octanol–water partition coefficient (Wildman–Crippen LogP) is 5.20. The first-order chi connectivity index (χ1) is 14.3. The molecule has 0 aromatic heterocycles. The highest BCUT2D eigenvalue weighted by Gasteiger charge is 2.71. The van der Waals surface area contributed by atoms with E-state index < -0.39 is 34.5 Å². The Morgan fingerprint density at radius 1 is 0.903 bits per heavy atom. The van der Waals surface area contributed by atoms with E-state index in [0.29, 0.717) is 17.9 Å². The number of alkyl halides is 6. The summed E-state index contributed by atoms with van der Waals surface area (Å²) in [6.07, 6.45) is -11.8. The molecule has 0 unspecified atom stereocenters. The van der Waals surface area contributed by atoms with Crippen LogP contribution in [0.2, 0.25) is 5.02 Å². The molecular formula is C19H15ClF6O5. The molecule has 0 aliphatic heterocycles. The van der Waals surface area contributed by atoms with Gasteiger partial charge in [-0.3, -0.25) is 0 Å². The lowest BCUT2D eigenvalue weighted by molar-refractivity contribution is -0.376. The molecule has 0 heterocycles. The number of benzene rings is 2. The molecule has 2 aromatic rings. The first kappa shape index (κ1) is 24.6. The summed E-state index contributed by atoms with van der Waals surface area (Å²) in [5.41, 5.74) is -6.48. The minimum atomic E-state index is -6.02. The SMILES string of the molecule is O=C(O)c1ccc(OCCCOc2ccc(C(O)(C(F)(F)F)C(F)(F)F)cc2Cl)cc1. The summed E-state index contributed by atoms with van der Waals surface area (Å²) in [4.78, 5) is 10.8. The predicted molar refractivity (Wildman–Crippen MR) is 96.5 cm³/mol. The van der Waals surface area contributed by atoms with Crippen molar-refractivity contribution >= 4 is 17.6 Å². The topological polar surface area (TPSA) is 76.0 Å². The molecule has 0 saturated carbocycles. The minimum absolute atomic E-state index is 0.0327. The van der Waals surface area contributed by atoms with Gasteiger partial charge in [-0.25, -0.2) is 4.79 Å². The first-order valence-corrected chi connectivity index (χ1v) is 8.90. The molecule has 0 fully saturated rings. The van der Waals surface area contributed by atoms with Crippen molar-refractivity contribution in [3.63, 3.8) is 0 Å². The number of aromatic carboxylic acids is 1. The van der Waals surface area contributed by atoms with E-state index >= 15 is 0 Å². The number of carboxylic acid groups (broad SMARTS) is 1. The second-order valence-electron chi connectivity index (χ2n) is 6.23. The van der Waals surface area contributed by atoms with Gasteiger partial charge in [0.2, 0.25) is 0 Å². The fraction of sp³-hybridized carbons (Fsp3) is 0.316.